The number of fused-ring (bicyclic) bond motifs is 2. The zero-order valence-corrected chi connectivity index (χ0v) is 13.6. The van der Waals surface area contributed by atoms with Crippen LogP contribution in [0.2, 0.25) is 0 Å². The number of carbonyl (C=O) groups is 1. The van der Waals surface area contributed by atoms with Crippen LogP contribution in [-0.2, 0) is 24.3 Å². The summed E-state index contributed by atoms with van der Waals surface area (Å²) in [5, 5.41) is 6.21. The Morgan fingerprint density at radius 3 is 3.28 bits per heavy atom. The second-order valence-corrected chi connectivity index (χ2v) is 6.21. The molecule has 3 N–H and O–H groups in total. The van der Waals surface area contributed by atoms with E-state index in [1.807, 2.05) is 10.8 Å². The molecule has 0 saturated heterocycles. The Morgan fingerprint density at radius 2 is 2.36 bits per heavy atom. The fraction of sp³-hybridized carbons (Fsp3) is 0.353. The SMILES string of the molecule is O=C(NCCc1nc2ccc(F)cc2[nH]1)C1CNCc2nccn2C1. The van der Waals surface area contributed by atoms with Crippen molar-refractivity contribution in [2.75, 3.05) is 13.1 Å². The number of aromatic amines is 1. The molecule has 0 spiro atoms. The van der Waals surface area contributed by atoms with E-state index in [0.717, 1.165) is 17.2 Å². The van der Waals surface area contributed by atoms with Crippen molar-refractivity contribution in [2.24, 2.45) is 5.92 Å². The van der Waals surface area contributed by atoms with Gasteiger partial charge in [0.2, 0.25) is 5.91 Å². The molecule has 2 aromatic heterocycles. The third-order valence-corrected chi connectivity index (χ3v) is 4.42. The second-order valence-electron chi connectivity index (χ2n) is 6.21. The van der Waals surface area contributed by atoms with E-state index in [1.54, 1.807) is 12.3 Å². The zero-order valence-electron chi connectivity index (χ0n) is 13.6. The van der Waals surface area contributed by atoms with Gasteiger partial charge in [0.25, 0.3) is 0 Å². The van der Waals surface area contributed by atoms with Crippen LogP contribution in [-0.4, -0.2) is 38.5 Å². The van der Waals surface area contributed by atoms with Gasteiger partial charge in [0.1, 0.15) is 17.5 Å². The second kappa shape index (κ2) is 6.64. The average molecular weight is 342 g/mol. The minimum Gasteiger partial charge on any atom is -0.355 e. The first-order chi connectivity index (χ1) is 12.2. The maximum Gasteiger partial charge on any atom is 0.226 e. The molecule has 0 radical (unpaired) electrons. The molecule has 130 valence electrons. The monoisotopic (exact) mass is 342 g/mol. The van der Waals surface area contributed by atoms with Crippen LogP contribution < -0.4 is 10.6 Å². The molecule has 1 aliphatic rings. The number of hydrogen-bond donors (Lipinski definition) is 3. The molecule has 25 heavy (non-hydrogen) atoms. The van der Waals surface area contributed by atoms with Crippen LogP contribution in [0.3, 0.4) is 0 Å². The smallest absolute Gasteiger partial charge is 0.226 e. The largest absolute Gasteiger partial charge is 0.355 e. The van der Waals surface area contributed by atoms with Crippen LogP contribution in [0, 0.1) is 11.7 Å². The molecular formula is C17H19FN6O. The van der Waals surface area contributed by atoms with E-state index in [4.69, 9.17) is 0 Å². The van der Waals surface area contributed by atoms with E-state index < -0.39 is 0 Å². The highest BCUT2D eigenvalue weighted by Gasteiger charge is 2.22. The number of aromatic nitrogens is 4. The summed E-state index contributed by atoms with van der Waals surface area (Å²) in [5.41, 5.74) is 1.39. The van der Waals surface area contributed by atoms with Crippen molar-refractivity contribution in [3.8, 4) is 0 Å². The Hall–Kier alpha value is -2.74. The van der Waals surface area contributed by atoms with Crippen molar-refractivity contribution in [2.45, 2.75) is 19.5 Å². The van der Waals surface area contributed by atoms with Crippen LogP contribution >= 0.6 is 0 Å². The third kappa shape index (κ3) is 3.39. The van der Waals surface area contributed by atoms with Crippen molar-refractivity contribution in [1.82, 2.24) is 30.2 Å². The van der Waals surface area contributed by atoms with Gasteiger partial charge >= 0.3 is 0 Å². The lowest BCUT2D eigenvalue weighted by Gasteiger charge is -2.15. The lowest BCUT2D eigenvalue weighted by atomic mass is 10.1. The van der Waals surface area contributed by atoms with Gasteiger partial charge in [-0.05, 0) is 18.2 Å². The molecular weight excluding hydrogens is 323 g/mol. The van der Waals surface area contributed by atoms with Crippen LogP contribution in [0.25, 0.3) is 11.0 Å². The summed E-state index contributed by atoms with van der Waals surface area (Å²) in [6, 6.07) is 4.45. The Balaban J connectivity index is 1.34. The van der Waals surface area contributed by atoms with E-state index >= 15 is 0 Å². The maximum atomic E-state index is 13.2. The number of rotatable bonds is 4. The van der Waals surface area contributed by atoms with Crippen molar-refractivity contribution < 1.29 is 9.18 Å². The predicted octanol–water partition coefficient (Wildman–Crippen LogP) is 0.977. The molecule has 3 heterocycles. The summed E-state index contributed by atoms with van der Waals surface area (Å²) in [6.45, 7) is 2.40. The first kappa shape index (κ1) is 15.8. The molecule has 7 nitrogen and oxygen atoms in total. The number of halogens is 1. The molecule has 0 bridgehead atoms. The first-order valence-electron chi connectivity index (χ1n) is 8.31. The van der Waals surface area contributed by atoms with Crippen molar-refractivity contribution in [3.63, 3.8) is 0 Å². The molecule has 3 aromatic rings. The lowest BCUT2D eigenvalue weighted by Crippen LogP contribution is -2.38. The molecule has 0 fully saturated rings. The summed E-state index contributed by atoms with van der Waals surface area (Å²) in [7, 11) is 0. The summed E-state index contributed by atoms with van der Waals surface area (Å²) >= 11 is 0. The fourth-order valence-corrected chi connectivity index (χ4v) is 3.11. The number of nitrogens with zero attached hydrogens (tertiary/aromatic N) is 3. The van der Waals surface area contributed by atoms with Crippen molar-refractivity contribution >= 4 is 16.9 Å². The van der Waals surface area contributed by atoms with Gasteiger partial charge < -0.3 is 20.2 Å². The van der Waals surface area contributed by atoms with Gasteiger partial charge in [0, 0.05) is 38.4 Å². The summed E-state index contributed by atoms with van der Waals surface area (Å²) in [6.07, 6.45) is 4.22. The standard InChI is InChI=1S/C17H19FN6O/c18-12-1-2-13-14(7-12)23-15(22-13)3-4-21-17(25)11-8-19-9-16-20-5-6-24(16)10-11/h1-2,5-7,11,19H,3-4,8-10H2,(H,21,25)(H,22,23). The number of hydrogen-bond acceptors (Lipinski definition) is 4. The summed E-state index contributed by atoms with van der Waals surface area (Å²) in [4.78, 5) is 24.2. The number of carbonyl (C=O) groups excluding carboxylic acids is 1. The topological polar surface area (TPSA) is 87.6 Å². The Kier molecular flexibility index (Phi) is 4.19. The minimum absolute atomic E-state index is 0.0104. The number of imidazole rings is 2. The van der Waals surface area contributed by atoms with Crippen LogP contribution in [0.5, 0.6) is 0 Å². The van der Waals surface area contributed by atoms with Gasteiger partial charge in [0.05, 0.1) is 23.5 Å². The highest BCUT2D eigenvalue weighted by molar-refractivity contribution is 5.79. The molecule has 4 rings (SSSR count). The van der Waals surface area contributed by atoms with E-state index in [-0.39, 0.29) is 17.6 Å². The molecule has 1 aliphatic heterocycles. The van der Waals surface area contributed by atoms with Gasteiger partial charge in [-0.3, -0.25) is 4.79 Å². The Bertz CT molecular complexity index is 902. The molecule has 1 unspecified atom stereocenters. The lowest BCUT2D eigenvalue weighted by molar-refractivity contribution is -0.125. The van der Waals surface area contributed by atoms with Crippen molar-refractivity contribution in [3.05, 3.63) is 48.1 Å². The molecule has 0 saturated carbocycles. The number of nitrogens with one attached hydrogen (secondary N) is 3. The maximum absolute atomic E-state index is 13.2. The van der Waals surface area contributed by atoms with Crippen LogP contribution in [0.4, 0.5) is 4.39 Å². The van der Waals surface area contributed by atoms with Crippen LogP contribution in [0.15, 0.2) is 30.6 Å². The van der Waals surface area contributed by atoms with E-state index in [0.29, 0.717) is 38.1 Å². The summed E-state index contributed by atoms with van der Waals surface area (Å²) < 4.78 is 15.2. The molecule has 1 amide bonds. The zero-order chi connectivity index (χ0) is 17.2. The van der Waals surface area contributed by atoms with E-state index in [1.165, 1.54) is 12.1 Å². The molecule has 1 aromatic carbocycles. The van der Waals surface area contributed by atoms with Gasteiger partial charge in [-0.25, -0.2) is 14.4 Å². The fourth-order valence-electron chi connectivity index (χ4n) is 3.11. The number of H-pyrrole nitrogens is 1. The normalized spacial score (nSPS) is 17.2. The quantitative estimate of drug-likeness (QED) is 0.659. The first-order valence-corrected chi connectivity index (χ1v) is 8.31. The molecule has 1 atom stereocenters. The van der Waals surface area contributed by atoms with Gasteiger partial charge in [0.15, 0.2) is 0 Å². The van der Waals surface area contributed by atoms with Crippen LogP contribution in [0.1, 0.15) is 11.6 Å². The minimum atomic E-state index is -0.296. The van der Waals surface area contributed by atoms with E-state index in [9.17, 15) is 9.18 Å². The summed E-state index contributed by atoms with van der Waals surface area (Å²) in [5.74, 6) is 1.26. The molecule has 8 heteroatoms. The number of benzene rings is 1. The Morgan fingerprint density at radius 1 is 1.44 bits per heavy atom. The highest BCUT2D eigenvalue weighted by Crippen LogP contribution is 2.13. The van der Waals surface area contributed by atoms with E-state index in [2.05, 4.69) is 25.6 Å². The van der Waals surface area contributed by atoms with Gasteiger partial charge in [-0.2, -0.15) is 0 Å². The van der Waals surface area contributed by atoms with Gasteiger partial charge in [-0.1, -0.05) is 0 Å². The van der Waals surface area contributed by atoms with Gasteiger partial charge in [-0.15, -0.1) is 0 Å². The Labute approximate surface area is 143 Å². The van der Waals surface area contributed by atoms with Crippen molar-refractivity contribution in [1.29, 1.82) is 0 Å². The highest BCUT2D eigenvalue weighted by atomic mass is 19.1. The predicted molar refractivity (Wildman–Crippen MR) is 90.2 cm³/mol. The number of amides is 1. The third-order valence-electron chi connectivity index (χ3n) is 4.42. The average Bonchev–Trinajstić information content (AvgIpc) is 3.15. The molecule has 0 aliphatic carbocycles.